The average molecular weight is 454 g/mol. The quantitative estimate of drug-likeness (QED) is 0.480. The standard InChI is InChI=1S/C23H21F3N6O/c24-15-2-3-17(13-1-4-19(27)28-11-13)14(9-15)10-20-30-21-18(22(33)31-20)12-29-32(21)16-5-7-23(25,26)8-6-16/h1-4,9,11-12,16H,5-8,10H2,(H2,27,28)(H,30,31,33). The van der Waals surface area contributed by atoms with E-state index in [0.29, 0.717) is 28.2 Å². The molecular weight excluding hydrogens is 433 g/mol. The van der Waals surface area contributed by atoms with Crippen molar-refractivity contribution in [3.05, 3.63) is 70.3 Å². The number of aromatic nitrogens is 5. The maximum atomic E-state index is 14.1. The number of nitrogens with two attached hydrogens (primary N) is 1. The van der Waals surface area contributed by atoms with Crippen LogP contribution in [-0.2, 0) is 6.42 Å². The summed E-state index contributed by atoms with van der Waals surface area (Å²) in [7, 11) is 0. The Labute approximate surface area is 186 Å². The maximum absolute atomic E-state index is 14.1. The molecule has 1 saturated carbocycles. The van der Waals surface area contributed by atoms with Crippen LogP contribution in [0.3, 0.4) is 0 Å². The van der Waals surface area contributed by atoms with Gasteiger partial charge in [0.1, 0.15) is 22.8 Å². The Balaban J connectivity index is 1.52. The number of alkyl halides is 2. The van der Waals surface area contributed by atoms with Crippen molar-refractivity contribution in [2.75, 3.05) is 5.73 Å². The van der Waals surface area contributed by atoms with Crippen LogP contribution in [0.1, 0.15) is 43.1 Å². The van der Waals surface area contributed by atoms with Gasteiger partial charge >= 0.3 is 0 Å². The zero-order valence-corrected chi connectivity index (χ0v) is 17.6. The number of nitrogen functional groups attached to an aromatic ring is 1. The lowest BCUT2D eigenvalue weighted by Gasteiger charge is -2.28. The van der Waals surface area contributed by atoms with Crippen LogP contribution in [0.15, 0.2) is 47.5 Å². The van der Waals surface area contributed by atoms with Gasteiger partial charge in [-0.25, -0.2) is 27.8 Å². The highest BCUT2D eigenvalue weighted by Gasteiger charge is 2.36. The van der Waals surface area contributed by atoms with Gasteiger partial charge in [0.2, 0.25) is 5.92 Å². The molecule has 0 spiro atoms. The molecular formula is C23H21F3N6O. The van der Waals surface area contributed by atoms with E-state index in [1.54, 1.807) is 29.1 Å². The largest absolute Gasteiger partial charge is 0.384 e. The SMILES string of the molecule is Nc1ccc(-c2ccc(F)cc2Cc2nc3c(cnn3C3CCC(F)(F)CC3)c(=O)[nH]2)cn1. The molecule has 170 valence electrons. The monoisotopic (exact) mass is 454 g/mol. The van der Waals surface area contributed by atoms with Crippen molar-refractivity contribution in [3.63, 3.8) is 0 Å². The minimum Gasteiger partial charge on any atom is -0.384 e. The van der Waals surface area contributed by atoms with Crippen molar-refractivity contribution in [3.8, 4) is 11.1 Å². The summed E-state index contributed by atoms with van der Waals surface area (Å²) in [6.07, 6.45) is 3.22. The predicted octanol–water partition coefficient (Wildman–Crippen LogP) is 4.24. The molecule has 0 bridgehead atoms. The first-order valence-corrected chi connectivity index (χ1v) is 10.6. The summed E-state index contributed by atoms with van der Waals surface area (Å²) in [5.74, 6) is -2.40. The highest BCUT2D eigenvalue weighted by atomic mass is 19.3. The zero-order valence-electron chi connectivity index (χ0n) is 17.6. The first kappa shape index (κ1) is 21.2. The lowest BCUT2D eigenvalue weighted by atomic mass is 9.92. The molecule has 0 aliphatic heterocycles. The summed E-state index contributed by atoms with van der Waals surface area (Å²) >= 11 is 0. The van der Waals surface area contributed by atoms with Crippen LogP contribution >= 0.6 is 0 Å². The minimum absolute atomic E-state index is 0.149. The maximum Gasteiger partial charge on any atom is 0.262 e. The molecule has 0 unspecified atom stereocenters. The Kier molecular flexibility index (Phi) is 5.15. The van der Waals surface area contributed by atoms with E-state index in [2.05, 4.69) is 20.1 Å². The molecule has 5 rings (SSSR count). The number of hydrogen-bond acceptors (Lipinski definition) is 5. The normalized spacial score (nSPS) is 16.3. The van der Waals surface area contributed by atoms with Crippen molar-refractivity contribution < 1.29 is 13.2 Å². The molecule has 3 N–H and O–H groups in total. The van der Waals surface area contributed by atoms with Crippen molar-refractivity contribution in [2.24, 2.45) is 0 Å². The average Bonchev–Trinajstić information content (AvgIpc) is 3.19. The molecule has 10 heteroatoms. The number of halogens is 3. The van der Waals surface area contributed by atoms with Gasteiger partial charge in [-0.05, 0) is 48.2 Å². The van der Waals surface area contributed by atoms with Gasteiger partial charge in [-0.15, -0.1) is 0 Å². The Morgan fingerprint density at radius 1 is 1.15 bits per heavy atom. The van der Waals surface area contributed by atoms with Gasteiger partial charge in [0, 0.05) is 31.0 Å². The number of rotatable bonds is 4. The highest BCUT2D eigenvalue weighted by Crippen LogP contribution is 2.38. The fourth-order valence-electron chi connectivity index (χ4n) is 4.34. The number of benzene rings is 1. The molecule has 0 radical (unpaired) electrons. The van der Waals surface area contributed by atoms with Crippen LogP contribution in [0, 0.1) is 5.82 Å². The number of nitrogens with one attached hydrogen (secondary N) is 1. The van der Waals surface area contributed by atoms with Crippen LogP contribution in [0.5, 0.6) is 0 Å². The summed E-state index contributed by atoms with van der Waals surface area (Å²) in [6.45, 7) is 0. The molecule has 3 heterocycles. The molecule has 0 atom stereocenters. The molecule has 7 nitrogen and oxygen atoms in total. The summed E-state index contributed by atoms with van der Waals surface area (Å²) in [5, 5.41) is 4.56. The summed E-state index contributed by atoms with van der Waals surface area (Å²) in [4.78, 5) is 24.1. The Bertz CT molecular complexity index is 1370. The van der Waals surface area contributed by atoms with Crippen molar-refractivity contribution in [1.82, 2.24) is 24.7 Å². The van der Waals surface area contributed by atoms with E-state index in [1.165, 1.54) is 18.3 Å². The fourth-order valence-corrected chi connectivity index (χ4v) is 4.34. The molecule has 4 aromatic rings. The molecule has 1 aromatic carbocycles. The predicted molar refractivity (Wildman–Crippen MR) is 117 cm³/mol. The second-order valence-electron chi connectivity index (χ2n) is 8.38. The number of anilines is 1. The molecule has 1 fully saturated rings. The Morgan fingerprint density at radius 2 is 1.94 bits per heavy atom. The number of hydrogen-bond donors (Lipinski definition) is 2. The van der Waals surface area contributed by atoms with Crippen LogP contribution in [0.25, 0.3) is 22.2 Å². The third kappa shape index (κ3) is 4.20. The van der Waals surface area contributed by atoms with E-state index in [4.69, 9.17) is 5.73 Å². The van der Waals surface area contributed by atoms with Crippen LogP contribution in [0.4, 0.5) is 19.0 Å². The third-order valence-electron chi connectivity index (χ3n) is 6.07. The lowest BCUT2D eigenvalue weighted by molar-refractivity contribution is -0.0446. The van der Waals surface area contributed by atoms with Crippen molar-refractivity contribution in [2.45, 2.75) is 44.1 Å². The van der Waals surface area contributed by atoms with Crippen molar-refractivity contribution >= 4 is 16.9 Å². The number of pyridine rings is 1. The summed E-state index contributed by atoms with van der Waals surface area (Å²) < 4.78 is 42.8. The molecule has 33 heavy (non-hydrogen) atoms. The molecule has 0 saturated heterocycles. The lowest BCUT2D eigenvalue weighted by Crippen LogP contribution is -2.27. The van der Waals surface area contributed by atoms with Crippen LogP contribution < -0.4 is 11.3 Å². The van der Waals surface area contributed by atoms with E-state index >= 15 is 0 Å². The topological polar surface area (TPSA) is 102 Å². The second-order valence-corrected chi connectivity index (χ2v) is 8.38. The van der Waals surface area contributed by atoms with Gasteiger partial charge in [-0.2, -0.15) is 5.10 Å². The second kappa shape index (κ2) is 8.02. The number of aromatic amines is 1. The van der Waals surface area contributed by atoms with Gasteiger partial charge < -0.3 is 10.7 Å². The summed E-state index contributed by atoms with van der Waals surface area (Å²) in [6, 6.07) is 7.56. The van der Waals surface area contributed by atoms with E-state index in [0.717, 1.165) is 11.1 Å². The molecule has 1 aliphatic carbocycles. The molecule has 1 aliphatic rings. The van der Waals surface area contributed by atoms with E-state index < -0.39 is 11.7 Å². The first-order valence-electron chi connectivity index (χ1n) is 10.6. The molecule has 0 amide bonds. The Hall–Kier alpha value is -3.69. The molecule has 3 aromatic heterocycles. The van der Waals surface area contributed by atoms with Crippen LogP contribution in [0.2, 0.25) is 0 Å². The zero-order chi connectivity index (χ0) is 23.2. The van der Waals surface area contributed by atoms with Gasteiger partial charge in [-0.3, -0.25) is 4.79 Å². The number of nitrogens with zero attached hydrogens (tertiary/aromatic N) is 4. The fraction of sp³-hybridized carbons (Fsp3) is 0.304. The highest BCUT2D eigenvalue weighted by molar-refractivity contribution is 5.73. The van der Waals surface area contributed by atoms with Gasteiger partial charge in [-0.1, -0.05) is 6.07 Å². The Morgan fingerprint density at radius 3 is 2.67 bits per heavy atom. The van der Waals surface area contributed by atoms with E-state index in [9.17, 15) is 18.0 Å². The number of fused-ring (bicyclic) bond motifs is 1. The minimum atomic E-state index is -2.67. The van der Waals surface area contributed by atoms with Crippen LogP contribution in [-0.4, -0.2) is 30.7 Å². The van der Waals surface area contributed by atoms with E-state index in [-0.39, 0.29) is 43.7 Å². The summed E-state index contributed by atoms with van der Waals surface area (Å²) in [5.41, 5.74) is 7.71. The van der Waals surface area contributed by atoms with Gasteiger partial charge in [0.05, 0.1) is 12.2 Å². The van der Waals surface area contributed by atoms with Crippen molar-refractivity contribution in [1.29, 1.82) is 0 Å². The number of H-pyrrole nitrogens is 1. The van der Waals surface area contributed by atoms with Gasteiger partial charge in [0.15, 0.2) is 5.65 Å². The van der Waals surface area contributed by atoms with E-state index in [1.807, 2.05) is 0 Å². The smallest absolute Gasteiger partial charge is 0.262 e. The first-order chi connectivity index (χ1) is 15.8. The van der Waals surface area contributed by atoms with Gasteiger partial charge in [0.25, 0.3) is 5.56 Å². The third-order valence-corrected chi connectivity index (χ3v) is 6.07.